The van der Waals surface area contributed by atoms with Crippen molar-refractivity contribution in [1.29, 1.82) is 0 Å². The monoisotopic (exact) mass is 416 g/mol. The molecule has 0 aromatic rings. The Hall–Kier alpha value is -1.45. The van der Waals surface area contributed by atoms with E-state index < -0.39 is 65.8 Å². The summed E-state index contributed by atoms with van der Waals surface area (Å²) in [6.45, 7) is 8.23. The number of ether oxygens (including phenoxy) is 2. The summed E-state index contributed by atoms with van der Waals surface area (Å²) in [4.78, 5) is 24.6. The van der Waals surface area contributed by atoms with Crippen LogP contribution in [0.5, 0.6) is 0 Å². The fourth-order valence-corrected chi connectivity index (χ4v) is 4.73. The molecule has 28 heavy (non-hydrogen) atoms. The van der Waals surface area contributed by atoms with E-state index in [4.69, 9.17) is 21.1 Å². The molecule has 1 heterocycles. The molecular formula is C19H25ClO8. The third kappa shape index (κ3) is 3.07. The number of hydrogen-bond donors (Lipinski definition) is 4. The lowest BCUT2D eigenvalue weighted by Gasteiger charge is -2.37. The summed E-state index contributed by atoms with van der Waals surface area (Å²) in [5.74, 6) is -4.17. The first-order chi connectivity index (χ1) is 13.0. The highest BCUT2D eigenvalue weighted by Crippen LogP contribution is 2.54. The normalized spacial score (nSPS) is 42.3. The zero-order valence-electron chi connectivity index (χ0n) is 15.5. The summed E-state index contributed by atoms with van der Waals surface area (Å²) in [5, 5.41) is 41.1. The van der Waals surface area contributed by atoms with Crippen LogP contribution in [0.2, 0.25) is 0 Å². The molecule has 9 heteroatoms. The number of esters is 2. The first-order valence-corrected chi connectivity index (χ1v) is 9.59. The van der Waals surface area contributed by atoms with Gasteiger partial charge < -0.3 is 29.9 Å². The highest BCUT2D eigenvalue weighted by Gasteiger charge is 2.64. The number of carbonyl (C=O) groups excluding carboxylic acids is 2. The standard InChI is InChI=1S/C19H25ClO8/c1-8-4-11(27-17(24)18(3,25)6-20)13-9(2)16(23)28-15(13)14-10(8)5-12(22)19(14,26)7-21/h10-15,21-22,25-26H,1-2,4-7H2,3H3. The van der Waals surface area contributed by atoms with Crippen LogP contribution in [0.1, 0.15) is 19.8 Å². The maximum Gasteiger partial charge on any atom is 0.339 e. The zero-order valence-corrected chi connectivity index (χ0v) is 16.3. The Labute approximate surface area is 167 Å². The van der Waals surface area contributed by atoms with Crippen LogP contribution in [0.4, 0.5) is 0 Å². The second-order valence-corrected chi connectivity index (χ2v) is 8.43. The molecule has 1 aliphatic heterocycles. The third-order valence-corrected chi connectivity index (χ3v) is 6.80. The number of fused-ring (bicyclic) bond motifs is 3. The predicted molar refractivity (Wildman–Crippen MR) is 97.1 cm³/mol. The summed E-state index contributed by atoms with van der Waals surface area (Å²) in [6.07, 6.45) is -2.89. The smallest absolute Gasteiger partial charge is 0.339 e. The van der Waals surface area contributed by atoms with Crippen LogP contribution in [-0.4, -0.2) is 74.4 Å². The SMILES string of the molecule is C=C1CC(OC(=O)C(C)(O)CCl)C2C(=C)C(=O)OC2C2C1CC(O)C2(O)CO. The van der Waals surface area contributed by atoms with E-state index in [0.29, 0.717) is 5.57 Å². The summed E-state index contributed by atoms with van der Waals surface area (Å²) in [5.41, 5.74) is -3.19. The third-order valence-electron chi connectivity index (χ3n) is 6.28. The van der Waals surface area contributed by atoms with Crippen molar-refractivity contribution in [2.45, 2.75) is 49.3 Å². The lowest BCUT2D eigenvalue weighted by molar-refractivity contribution is -0.174. The van der Waals surface area contributed by atoms with Crippen LogP contribution in [-0.2, 0) is 19.1 Å². The fraction of sp³-hybridized carbons (Fsp3) is 0.684. The minimum absolute atomic E-state index is 0.0587. The molecule has 2 aliphatic carbocycles. The van der Waals surface area contributed by atoms with Gasteiger partial charge in [0.1, 0.15) is 17.8 Å². The Morgan fingerprint density at radius 2 is 2.11 bits per heavy atom. The number of aliphatic hydroxyl groups excluding tert-OH is 2. The van der Waals surface area contributed by atoms with Crippen molar-refractivity contribution in [1.82, 2.24) is 0 Å². The van der Waals surface area contributed by atoms with E-state index in [1.807, 2.05) is 0 Å². The molecule has 8 nitrogen and oxygen atoms in total. The van der Waals surface area contributed by atoms with Gasteiger partial charge in [-0.05, 0) is 19.3 Å². The van der Waals surface area contributed by atoms with Crippen molar-refractivity contribution in [3.05, 3.63) is 24.3 Å². The Balaban J connectivity index is 2.01. The molecule has 0 spiro atoms. The van der Waals surface area contributed by atoms with Crippen molar-refractivity contribution in [2.75, 3.05) is 12.5 Å². The second kappa shape index (κ2) is 7.11. The number of alkyl halides is 1. The largest absolute Gasteiger partial charge is 0.459 e. The summed E-state index contributed by atoms with van der Waals surface area (Å²) in [6, 6.07) is 0. The number of hydrogen-bond acceptors (Lipinski definition) is 8. The van der Waals surface area contributed by atoms with Gasteiger partial charge in [-0.25, -0.2) is 9.59 Å². The van der Waals surface area contributed by atoms with Gasteiger partial charge in [0.2, 0.25) is 0 Å². The van der Waals surface area contributed by atoms with Crippen LogP contribution in [0.3, 0.4) is 0 Å². The van der Waals surface area contributed by atoms with Gasteiger partial charge in [-0.15, -0.1) is 11.6 Å². The molecule has 0 amide bonds. The molecule has 3 rings (SSSR count). The lowest BCUT2D eigenvalue weighted by Crippen LogP contribution is -2.53. The zero-order chi connectivity index (χ0) is 21.0. The topological polar surface area (TPSA) is 134 Å². The van der Waals surface area contributed by atoms with Crippen LogP contribution in [0.15, 0.2) is 24.3 Å². The van der Waals surface area contributed by atoms with E-state index >= 15 is 0 Å². The molecular weight excluding hydrogens is 392 g/mol. The number of aliphatic hydroxyl groups is 4. The van der Waals surface area contributed by atoms with Gasteiger partial charge in [0.05, 0.1) is 24.5 Å². The lowest BCUT2D eigenvalue weighted by atomic mass is 9.76. The molecule has 0 bridgehead atoms. The molecule has 3 aliphatic rings. The molecule has 4 N–H and O–H groups in total. The number of carbonyl (C=O) groups is 2. The number of halogens is 1. The van der Waals surface area contributed by atoms with Gasteiger partial charge in [0, 0.05) is 17.9 Å². The highest BCUT2D eigenvalue weighted by molar-refractivity contribution is 6.20. The van der Waals surface area contributed by atoms with Gasteiger partial charge in [-0.1, -0.05) is 18.7 Å². The Morgan fingerprint density at radius 1 is 1.46 bits per heavy atom. The molecule has 2 saturated carbocycles. The van der Waals surface area contributed by atoms with Crippen LogP contribution in [0.25, 0.3) is 0 Å². The molecule has 8 atom stereocenters. The maximum atomic E-state index is 12.4. The molecule has 156 valence electrons. The summed E-state index contributed by atoms with van der Waals surface area (Å²) >= 11 is 5.63. The summed E-state index contributed by atoms with van der Waals surface area (Å²) < 4.78 is 10.9. The van der Waals surface area contributed by atoms with Gasteiger partial charge in [0.15, 0.2) is 5.60 Å². The van der Waals surface area contributed by atoms with Crippen LogP contribution in [0, 0.1) is 17.8 Å². The van der Waals surface area contributed by atoms with Crippen molar-refractivity contribution >= 4 is 23.5 Å². The van der Waals surface area contributed by atoms with Crippen LogP contribution >= 0.6 is 11.6 Å². The van der Waals surface area contributed by atoms with E-state index in [0.717, 1.165) is 0 Å². The Bertz CT molecular complexity index is 719. The first kappa shape index (κ1) is 21.3. The predicted octanol–water partition coefficient (Wildman–Crippen LogP) is -0.334. The van der Waals surface area contributed by atoms with E-state index in [-0.39, 0.29) is 24.3 Å². The molecule has 8 unspecified atom stereocenters. The number of rotatable bonds is 4. The van der Waals surface area contributed by atoms with E-state index in [1.54, 1.807) is 0 Å². The van der Waals surface area contributed by atoms with E-state index in [2.05, 4.69) is 13.2 Å². The van der Waals surface area contributed by atoms with Crippen LogP contribution < -0.4 is 0 Å². The van der Waals surface area contributed by atoms with E-state index in [1.165, 1.54) is 6.92 Å². The molecule has 3 fully saturated rings. The van der Waals surface area contributed by atoms with Gasteiger partial charge in [0.25, 0.3) is 0 Å². The van der Waals surface area contributed by atoms with E-state index in [9.17, 15) is 30.0 Å². The summed E-state index contributed by atoms with van der Waals surface area (Å²) in [7, 11) is 0. The van der Waals surface area contributed by atoms with Gasteiger partial charge in [-0.2, -0.15) is 0 Å². The van der Waals surface area contributed by atoms with Gasteiger partial charge in [-0.3, -0.25) is 0 Å². The quantitative estimate of drug-likeness (QED) is 0.212. The second-order valence-electron chi connectivity index (χ2n) is 8.17. The first-order valence-electron chi connectivity index (χ1n) is 9.06. The highest BCUT2D eigenvalue weighted by atomic mass is 35.5. The fourth-order valence-electron chi connectivity index (χ4n) is 4.62. The van der Waals surface area contributed by atoms with Crippen molar-refractivity contribution in [3.63, 3.8) is 0 Å². The van der Waals surface area contributed by atoms with Crippen molar-refractivity contribution in [2.24, 2.45) is 17.8 Å². The Kier molecular flexibility index (Phi) is 5.40. The molecule has 0 aromatic heterocycles. The average Bonchev–Trinajstić information content (AvgIpc) is 3.04. The Morgan fingerprint density at radius 3 is 2.68 bits per heavy atom. The molecule has 1 saturated heterocycles. The average molecular weight is 417 g/mol. The maximum absolute atomic E-state index is 12.4. The van der Waals surface area contributed by atoms with Crippen molar-refractivity contribution < 1.29 is 39.5 Å². The molecule has 0 aromatic carbocycles. The minimum atomic E-state index is -1.92. The molecule has 0 radical (unpaired) electrons. The van der Waals surface area contributed by atoms with Crippen molar-refractivity contribution in [3.8, 4) is 0 Å². The minimum Gasteiger partial charge on any atom is -0.459 e. The van der Waals surface area contributed by atoms with Gasteiger partial charge >= 0.3 is 11.9 Å².